The minimum Gasteiger partial charge on any atom is -0.484 e. The number of fused-ring (bicyclic) bond motifs is 2. The number of piperidine rings is 1. The van der Waals surface area contributed by atoms with Crippen LogP contribution in [0.3, 0.4) is 0 Å². The second-order valence-electron chi connectivity index (χ2n) is 7.94. The first kappa shape index (κ1) is 19.4. The molecule has 2 saturated heterocycles. The first-order valence-electron chi connectivity index (χ1n) is 10.1. The summed E-state index contributed by atoms with van der Waals surface area (Å²) in [5.74, 6) is 0.135. The molecule has 2 aromatic carbocycles. The van der Waals surface area contributed by atoms with Gasteiger partial charge in [-0.25, -0.2) is 4.39 Å². The summed E-state index contributed by atoms with van der Waals surface area (Å²) < 4.78 is 18.7. The smallest absolute Gasteiger partial charge is 0.261 e. The fraction of sp³-hybridized carbons (Fsp3) is 0.391. The number of carbonyl (C=O) groups excluding carboxylic acids is 2. The Hall–Kier alpha value is -2.89. The molecule has 2 aliphatic heterocycles. The average Bonchev–Trinajstić information content (AvgIpc) is 2.98. The normalized spacial score (nSPS) is 23.0. The van der Waals surface area contributed by atoms with Crippen molar-refractivity contribution in [2.45, 2.75) is 50.7 Å². The molecule has 152 valence electrons. The zero-order chi connectivity index (χ0) is 20.4. The maximum Gasteiger partial charge on any atom is 0.261 e. The van der Waals surface area contributed by atoms with E-state index >= 15 is 0 Å². The van der Waals surface area contributed by atoms with Crippen molar-refractivity contribution >= 4 is 11.8 Å². The molecule has 0 aromatic heterocycles. The van der Waals surface area contributed by atoms with Gasteiger partial charge in [0, 0.05) is 23.7 Å². The Balaban J connectivity index is 1.32. The Labute approximate surface area is 169 Å². The zero-order valence-electron chi connectivity index (χ0n) is 16.4. The van der Waals surface area contributed by atoms with Gasteiger partial charge in [0.15, 0.2) is 6.61 Å². The van der Waals surface area contributed by atoms with E-state index < -0.39 is 0 Å². The molecule has 1 N–H and O–H groups in total. The highest BCUT2D eigenvalue weighted by molar-refractivity contribution is 5.94. The summed E-state index contributed by atoms with van der Waals surface area (Å²) in [5.41, 5.74) is 1.59. The summed E-state index contributed by atoms with van der Waals surface area (Å²) in [5, 5.41) is 3.05. The zero-order valence-corrected chi connectivity index (χ0v) is 16.4. The number of hydrogen-bond acceptors (Lipinski definition) is 3. The summed E-state index contributed by atoms with van der Waals surface area (Å²) in [7, 11) is 0. The standard InChI is InChI=1S/C23H25FN2O3/c1-15-2-10-21(11-3-15)29-14-22(27)26-19-8-9-20(26)13-18(12-19)25-23(28)16-4-6-17(24)7-5-16/h2-7,10-11,18-20H,8-9,12-14H2,1H3,(H,25,28). The van der Waals surface area contributed by atoms with Gasteiger partial charge >= 0.3 is 0 Å². The molecule has 2 aromatic rings. The number of ether oxygens (including phenoxy) is 1. The molecule has 2 aliphatic rings. The number of hydrogen-bond donors (Lipinski definition) is 1. The fourth-order valence-electron chi connectivity index (χ4n) is 4.43. The van der Waals surface area contributed by atoms with Gasteiger partial charge < -0.3 is 15.0 Å². The predicted octanol–water partition coefficient (Wildman–Crippen LogP) is 3.46. The minimum absolute atomic E-state index is 0.00128. The average molecular weight is 396 g/mol. The van der Waals surface area contributed by atoms with Crippen LogP contribution in [0.15, 0.2) is 48.5 Å². The van der Waals surface area contributed by atoms with Crippen molar-refractivity contribution in [1.82, 2.24) is 10.2 Å². The van der Waals surface area contributed by atoms with Gasteiger partial charge in [-0.3, -0.25) is 9.59 Å². The number of halogens is 1. The van der Waals surface area contributed by atoms with Crippen LogP contribution < -0.4 is 10.1 Å². The van der Waals surface area contributed by atoms with E-state index in [-0.39, 0.29) is 42.4 Å². The molecule has 29 heavy (non-hydrogen) atoms. The Morgan fingerprint density at radius 3 is 2.28 bits per heavy atom. The number of carbonyl (C=O) groups is 2. The fourth-order valence-corrected chi connectivity index (χ4v) is 4.43. The molecule has 2 heterocycles. The first-order chi connectivity index (χ1) is 14.0. The molecule has 0 saturated carbocycles. The summed E-state index contributed by atoms with van der Waals surface area (Å²) in [4.78, 5) is 27.1. The van der Waals surface area contributed by atoms with Crippen LogP contribution in [-0.2, 0) is 4.79 Å². The topological polar surface area (TPSA) is 58.6 Å². The van der Waals surface area contributed by atoms with Gasteiger partial charge in [-0.15, -0.1) is 0 Å². The van der Waals surface area contributed by atoms with E-state index in [1.807, 2.05) is 36.1 Å². The third-order valence-electron chi connectivity index (χ3n) is 5.85. The van der Waals surface area contributed by atoms with Crippen LogP contribution in [0.5, 0.6) is 5.75 Å². The van der Waals surface area contributed by atoms with Gasteiger partial charge in [0.05, 0.1) is 0 Å². The summed E-state index contributed by atoms with van der Waals surface area (Å²) in [6.45, 7) is 2.04. The van der Waals surface area contributed by atoms with Gasteiger partial charge in [-0.2, -0.15) is 0 Å². The van der Waals surface area contributed by atoms with Crippen LogP contribution in [-0.4, -0.2) is 41.4 Å². The third-order valence-corrected chi connectivity index (χ3v) is 5.85. The van der Waals surface area contributed by atoms with Gasteiger partial charge in [0.25, 0.3) is 11.8 Å². The molecule has 6 heteroatoms. The molecule has 0 aliphatic carbocycles. The Morgan fingerprint density at radius 1 is 1.03 bits per heavy atom. The van der Waals surface area contributed by atoms with Crippen molar-refractivity contribution in [3.05, 3.63) is 65.5 Å². The van der Waals surface area contributed by atoms with E-state index in [1.54, 1.807) is 0 Å². The third kappa shape index (κ3) is 4.42. The maximum absolute atomic E-state index is 13.0. The van der Waals surface area contributed by atoms with Crippen LogP contribution >= 0.6 is 0 Å². The molecule has 2 amide bonds. The largest absolute Gasteiger partial charge is 0.484 e. The quantitative estimate of drug-likeness (QED) is 0.842. The first-order valence-corrected chi connectivity index (χ1v) is 10.1. The molecule has 2 fully saturated rings. The number of amides is 2. The molecule has 0 radical (unpaired) electrons. The van der Waals surface area contributed by atoms with E-state index in [0.717, 1.165) is 31.2 Å². The number of benzene rings is 2. The van der Waals surface area contributed by atoms with E-state index in [4.69, 9.17) is 4.74 Å². The monoisotopic (exact) mass is 396 g/mol. The van der Waals surface area contributed by atoms with E-state index in [2.05, 4.69) is 5.32 Å². The molecule has 0 spiro atoms. The van der Waals surface area contributed by atoms with Gasteiger partial charge in [0.2, 0.25) is 0 Å². The highest BCUT2D eigenvalue weighted by Gasteiger charge is 2.43. The lowest BCUT2D eigenvalue weighted by Gasteiger charge is -2.39. The van der Waals surface area contributed by atoms with Crippen LogP contribution in [0.25, 0.3) is 0 Å². The van der Waals surface area contributed by atoms with Crippen LogP contribution in [0.4, 0.5) is 4.39 Å². The van der Waals surface area contributed by atoms with Crippen LogP contribution in [0.2, 0.25) is 0 Å². The van der Waals surface area contributed by atoms with Crippen molar-refractivity contribution in [1.29, 1.82) is 0 Å². The highest BCUT2D eigenvalue weighted by Crippen LogP contribution is 2.36. The lowest BCUT2D eigenvalue weighted by atomic mass is 9.96. The molecule has 2 atom stereocenters. The number of nitrogens with one attached hydrogen (secondary N) is 1. The molecular weight excluding hydrogens is 371 g/mol. The number of nitrogens with zero attached hydrogens (tertiary/aromatic N) is 1. The van der Waals surface area contributed by atoms with Crippen LogP contribution in [0, 0.1) is 12.7 Å². The van der Waals surface area contributed by atoms with E-state index in [0.29, 0.717) is 11.3 Å². The van der Waals surface area contributed by atoms with Crippen LogP contribution in [0.1, 0.15) is 41.6 Å². The second kappa shape index (κ2) is 8.23. The molecule has 2 bridgehead atoms. The van der Waals surface area contributed by atoms with Crippen molar-refractivity contribution in [2.75, 3.05) is 6.61 Å². The summed E-state index contributed by atoms with van der Waals surface area (Å²) in [6, 6.07) is 13.5. The lowest BCUT2D eigenvalue weighted by molar-refractivity contribution is -0.138. The van der Waals surface area contributed by atoms with Gasteiger partial charge in [-0.1, -0.05) is 17.7 Å². The molecule has 5 nitrogen and oxygen atoms in total. The van der Waals surface area contributed by atoms with E-state index in [9.17, 15) is 14.0 Å². The van der Waals surface area contributed by atoms with E-state index in [1.165, 1.54) is 24.3 Å². The molecule has 4 rings (SSSR count). The number of rotatable bonds is 5. The Kier molecular flexibility index (Phi) is 5.51. The maximum atomic E-state index is 13.0. The Morgan fingerprint density at radius 2 is 1.66 bits per heavy atom. The highest BCUT2D eigenvalue weighted by atomic mass is 19.1. The lowest BCUT2D eigenvalue weighted by Crippen LogP contribution is -2.53. The molecular formula is C23H25FN2O3. The van der Waals surface area contributed by atoms with Crippen molar-refractivity contribution < 1.29 is 18.7 Å². The van der Waals surface area contributed by atoms with Crippen molar-refractivity contribution in [3.63, 3.8) is 0 Å². The number of aryl methyl sites for hydroxylation is 1. The summed E-state index contributed by atoms with van der Waals surface area (Å²) >= 11 is 0. The van der Waals surface area contributed by atoms with Crippen molar-refractivity contribution in [2.24, 2.45) is 0 Å². The SMILES string of the molecule is Cc1ccc(OCC(=O)N2C3CCC2CC(NC(=O)c2ccc(F)cc2)C3)cc1. The van der Waals surface area contributed by atoms with Gasteiger partial charge in [-0.05, 0) is 69.0 Å². The van der Waals surface area contributed by atoms with Gasteiger partial charge in [0.1, 0.15) is 11.6 Å². The summed E-state index contributed by atoms with van der Waals surface area (Å²) in [6.07, 6.45) is 3.37. The molecule has 2 unspecified atom stereocenters. The predicted molar refractivity (Wildman–Crippen MR) is 107 cm³/mol. The Bertz CT molecular complexity index is 868. The minimum atomic E-state index is -0.362. The second-order valence-corrected chi connectivity index (χ2v) is 7.94. The van der Waals surface area contributed by atoms with Crippen molar-refractivity contribution in [3.8, 4) is 5.75 Å².